The van der Waals surface area contributed by atoms with Crippen molar-refractivity contribution in [1.29, 1.82) is 0 Å². The molecule has 1 atom stereocenters. The molecule has 2 rings (SSSR count). The summed E-state index contributed by atoms with van der Waals surface area (Å²) in [5.74, 6) is -1.01. The molecule has 16 heavy (non-hydrogen) atoms. The molecule has 0 heterocycles. The second-order valence-electron chi connectivity index (χ2n) is 4.53. The fourth-order valence-electron chi connectivity index (χ4n) is 2.30. The first-order chi connectivity index (χ1) is 7.58. The van der Waals surface area contributed by atoms with Crippen LogP contribution in [0.15, 0.2) is 24.3 Å². The Labute approximate surface area is 94.1 Å². The van der Waals surface area contributed by atoms with Crippen molar-refractivity contribution in [1.82, 2.24) is 0 Å². The molecule has 3 heteroatoms. The summed E-state index contributed by atoms with van der Waals surface area (Å²) in [5, 5.41) is 9.17. The van der Waals surface area contributed by atoms with Gasteiger partial charge in [-0.2, -0.15) is 0 Å². The number of halogens is 1. The fourth-order valence-corrected chi connectivity index (χ4v) is 2.30. The molecule has 0 radical (unpaired) electrons. The summed E-state index contributed by atoms with van der Waals surface area (Å²) in [6, 6.07) is 7.09. The summed E-state index contributed by atoms with van der Waals surface area (Å²) in [5.41, 5.74) is 0.165. The van der Waals surface area contributed by atoms with Gasteiger partial charge in [-0.1, -0.05) is 30.7 Å². The van der Waals surface area contributed by atoms with Crippen LogP contribution < -0.4 is 0 Å². The second kappa shape index (κ2) is 3.89. The topological polar surface area (TPSA) is 37.3 Å². The first-order valence-corrected chi connectivity index (χ1v) is 5.51. The number of rotatable bonds is 3. The quantitative estimate of drug-likeness (QED) is 0.852. The summed E-state index contributed by atoms with van der Waals surface area (Å²) in [7, 11) is 0. The van der Waals surface area contributed by atoms with Gasteiger partial charge in [0.15, 0.2) is 0 Å². The number of alkyl halides is 1. The summed E-state index contributed by atoms with van der Waals surface area (Å²) < 4.78 is 14.4. The highest BCUT2D eigenvalue weighted by Crippen LogP contribution is 2.52. The van der Waals surface area contributed by atoms with Gasteiger partial charge in [-0.3, -0.25) is 4.79 Å². The Morgan fingerprint density at radius 1 is 1.44 bits per heavy atom. The Balaban J connectivity index is 2.35. The molecule has 0 saturated heterocycles. The first-order valence-electron chi connectivity index (χ1n) is 5.51. The van der Waals surface area contributed by atoms with Gasteiger partial charge < -0.3 is 5.11 Å². The molecule has 0 aromatic heterocycles. The zero-order chi connectivity index (χ0) is 11.8. The number of aryl methyl sites for hydroxylation is 1. The number of carboxylic acids is 1. The average molecular weight is 222 g/mol. The van der Waals surface area contributed by atoms with E-state index in [-0.39, 0.29) is 0 Å². The van der Waals surface area contributed by atoms with E-state index in [1.807, 2.05) is 19.1 Å². The maximum Gasteiger partial charge on any atom is 0.312 e. The minimum absolute atomic E-state index is 0.442. The molecular formula is C13H15FO2. The summed E-state index contributed by atoms with van der Waals surface area (Å²) >= 11 is 0. The van der Waals surface area contributed by atoms with Crippen molar-refractivity contribution in [3.8, 4) is 0 Å². The third-order valence-corrected chi connectivity index (χ3v) is 3.62. The van der Waals surface area contributed by atoms with Gasteiger partial charge >= 0.3 is 5.97 Å². The highest BCUT2D eigenvalue weighted by atomic mass is 19.1. The van der Waals surface area contributed by atoms with Crippen LogP contribution in [0.25, 0.3) is 0 Å². The number of aliphatic carboxylic acids is 1. The number of hydrogen-bond donors (Lipinski definition) is 1. The molecule has 1 aliphatic rings. The molecule has 1 unspecified atom stereocenters. The lowest BCUT2D eigenvalue weighted by molar-refractivity contribution is -0.161. The molecule has 1 aromatic carbocycles. The molecule has 2 nitrogen and oxygen atoms in total. The minimum Gasteiger partial charge on any atom is -0.481 e. The van der Waals surface area contributed by atoms with Crippen LogP contribution >= 0.6 is 0 Å². The lowest BCUT2D eigenvalue weighted by Gasteiger charge is -2.40. The van der Waals surface area contributed by atoms with E-state index in [0.717, 1.165) is 12.0 Å². The predicted octanol–water partition coefficient (Wildman–Crippen LogP) is 3.26. The Hall–Kier alpha value is -1.38. The standard InChI is InChI=1S/C13H15FO2/c1-9-5-2-3-6-10(9)11(14)13(12(15)16)7-4-8-13/h2-3,5-6,11H,4,7-8H2,1H3,(H,15,16). The number of carbonyl (C=O) groups is 1. The molecule has 0 amide bonds. The maximum atomic E-state index is 14.4. The normalized spacial score (nSPS) is 19.9. The van der Waals surface area contributed by atoms with Gasteiger partial charge in [0.05, 0.1) is 0 Å². The summed E-state index contributed by atoms with van der Waals surface area (Å²) in [4.78, 5) is 11.2. The van der Waals surface area contributed by atoms with E-state index in [0.29, 0.717) is 18.4 Å². The maximum absolute atomic E-state index is 14.4. The Morgan fingerprint density at radius 2 is 2.06 bits per heavy atom. The molecular weight excluding hydrogens is 207 g/mol. The third-order valence-electron chi connectivity index (χ3n) is 3.62. The van der Waals surface area contributed by atoms with Crippen LogP contribution in [-0.4, -0.2) is 11.1 Å². The van der Waals surface area contributed by atoms with Crippen molar-refractivity contribution >= 4 is 5.97 Å². The molecule has 86 valence electrons. The van der Waals surface area contributed by atoms with Crippen LogP contribution in [0.2, 0.25) is 0 Å². The monoisotopic (exact) mass is 222 g/mol. The zero-order valence-electron chi connectivity index (χ0n) is 9.24. The Morgan fingerprint density at radius 3 is 2.50 bits per heavy atom. The summed E-state index contributed by atoms with van der Waals surface area (Å²) in [6.07, 6.45) is 0.300. The molecule has 0 spiro atoms. The van der Waals surface area contributed by atoms with Crippen molar-refractivity contribution in [2.75, 3.05) is 0 Å². The van der Waals surface area contributed by atoms with Crippen LogP contribution in [-0.2, 0) is 4.79 Å². The molecule has 0 aliphatic heterocycles. The van der Waals surface area contributed by atoms with Gasteiger partial charge in [0.25, 0.3) is 0 Å². The lowest BCUT2D eigenvalue weighted by atomic mass is 9.64. The van der Waals surface area contributed by atoms with Gasteiger partial charge in [-0.05, 0) is 30.9 Å². The molecule has 1 fully saturated rings. The highest BCUT2D eigenvalue weighted by Gasteiger charge is 2.52. The van der Waals surface area contributed by atoms with Crippen molar-refractivity contribution < 1.29 is 14.3 Å². The van der Waals surface area contributed by atoms with Gasteiger partial charge in [0.2, 0.25) is 0 Å². The zero-order valence-corrected chi connectivity index (χ0v) is 9.24. The van der Waals surface area contributed by atoms with Gasteiger partial charge in [-0.25, -0.2) is 4.39 Å². The highest BCUT2D eigenvalue weighted by molar-refractivity contribution is 5.77. The van der Waals surface area contributed by atoms with Gasteiger partial charge in [-0.15, -0.1) is 0 Å². The molecule has 0 bridgehead atoms. The van der Waals surface area contributed by atoms with Crippen molar-refractivity contribution in [3.05, 3.63) is 35.4 Å². The Kier molecular flexibility index (Phi) is 2.70. The molecule has 1 N–H and O–H groups in total. The van der Waals surface area contributed by atoms with Crippen LogP contribution in [0.5, 0.6) is 0 Å². The van der Waals surface area contributed by atoms with E-state index in [9.17, 15) is 9.18 Å². The van der Waals surface area contributed by atoms with Crippen LogP contribution in [0.4, 0.5) is 4.39 Å². The van der Waals surface area contributed by atoms with E-state index < -0.39 is 17.6 Å². The smallest absolute Gasteiger partial charge is 0.312 e. The predicted molar refractivity (Wildman–Crippen MR) is 58.9 cm³/mol. The van der Waals surface area contributed by atoms with E-state index in [4.69, 9.17) is 5.11 Å². The van der Waals surface area contributed by atoms with E-state index in [1.165, 1.54) is 0 Å². The van der Waals surface area contributed by atoms with Crippen molar-refractivity contribution in [3.63, 3.8) is 0 Å². The third kappa shape index (κ3) is 1.51. The van der Waals surface area contributed by atoms with Crippen LogP contribution in [0.3, 0.4) is 0 Å². The van der Waals surface area contributed by atoms with Crippen molar-refractivity contribution in [2.45, 2.75) is 32.4 Å². The second-order valence-corrected chi connectivity index (χ2v) is 4.53. The van der Waals surface area contributed by atoms with Crippen LogP contribution in [0, 0.1) is 12.3 Å². The molecule has 1 saturated carbocycles. The summed E-state index contributed by atoms with van der Waals surface area (Å²) in [6.45, 7) is 1.82. The van der Waals surface area contributed by atoms with Crippen LogP contribution in [0.1, 0.15) is 36.6 Å². The SMILES string of the molecule is Cc1ccccc1C(F)C1(C(=O)O)CCC1. The van der Waals surface area contributed by atoms with E-state index in [1.54, 1.807) is 12.1 Å². The number of carboxylic acid groups (broad SMARTS) is 1. The largest absolute Gasteiger partial charge is 0.481 e. The van der Waals surface area contributed by atoms with E-state index in [2.05, 4.69) is 0 Å². The van der Waals surface area contributed by atoms with Gasteiger partial charge in [0.1, 0.15) is 11.6 Å². The van der Waals surface area contributed by atoms with E-state index >= 15 is 0 Å². The average Bonchev–Trinajstić information content (AvgIpc) is 2.15. The lowest BCUT2D eigenvalue weighted by Crippen LogP contribution is -2.42. The molecule has 1 aromatic rings. The fraction of sp³-hybridized carbons (Fsp3) is 0.462. The van der Waals surface area contributed by atoms with Gasteiger partial charge in [0, 0.05) is 0 Å². The molecule has 1 aliphatic carbocycles. The Bertz CT molecular complexity index is 410. The minimum atomic E-state index is -1.39. The number of hydrogen-bond acceptors (Lipinski definition) is 1. The number of benzene rings is 1. The first kappa shape index (κ1) is 11.1. The van der Waals surface area contributed by atoms with Crippen molar-refractivity contribution in [2.24, 2.45) is 5.41 Å².